The number of nitrogens with zero attached hydrogens (tertiary/aromatic N) is 1. The quantitative estimate of drug-likeness (QED) is 0.887. The normalized spacial score (nSPS) is 16.0. The van der Waals surface area contributed by atoms with E-state index < -0.39 is 5.97 Å². The Bertz CT molecular complexity index is 459. The number of rotatable bonds is 5. The largest absolute Gasteiger partial charge is 0.478 e. The van der Waals surface area contributed by atoms with Crippen molar-refractivity contribution in [3.63, 3.8) is 0 Å². The van der Waals surface area contributed by atoms with Crippen molar-refractivity contribution < 1.29 is 14.6 Å². The van der Waals surface area contributed by atoms with E-state index in [4.69, 9.17) is 4.74 Å². The van der Waals surface area contributed by atoms with E-state index in [-0.39, 0.29) is 0 Å². The smallest absolute Gasteiger partial charge is 0.336 e. The second-order valence-electron chi connectivity index (χ2n) is 4.92. The molecule has 1 aromatic rings. The van der Waals surface area contributed by atoms with Crippen LogP contribution in [0.2, 0.25) is 0 Å². The summed E-state index contributed by atoms with van der Waals surface area (Å²) in [5, 5.41) is 9.28. The first kappa shape index (κ1) is 13.9. The third-order valence-electron chi connectivity index (χ3n) is 3.79. The van der Waals surface area contributed by atoms with Crippen molar-refractivity contribution in [3.8, 4) is 0 Å². The summed E-state index contributed by atoms with van der Waals surface area (Å²) in [6, 6.07) is 5.87. The van der Waals surface area contributed by atoms with E-state index in [0.717, 1.165) is 37.1 Å². The zero-order valence-corrected chi connectivity index (χ0v) is 11.6. The highest BCUT2D eigenvalue weighted by Crippen LogP contribution is 2.32. The molecule has 4 nitrogen and oxygen atoms in total. The summed E-state index contributed by atoms with van der Waals surface area (Å²) in [7, 11) is 1.71. The molecule has 0 fully saturated rings. The molecule has 2 rings (SSSR count). The Morgan fingerprint density at radius 2 is 2.32 bits per heavy atom. The summed E-state index contributed by atoms with van der Waals surface area (Å²) in [6.45, 7) is 3.78. The topological polar surface area (TPSA) is 49.8 Å². The molecule has 0 aromatic heterocycles. The molecule has 0 amide bonds. The summed E-state index contributed by atoms with van der Waals surface area (Å²) >= 11 is 0. The van der Waals surface area contributed by atoms with Gasteiger partial charge in [-0.3, -0.25) is 0 Å². The molecule has 104 valence electrons. The Morgan fingerprint density at radius 1 is 1.53 bits per heavy atom. The van der Waals surface area contributed by atoms with Crippen molar-refractivity contribution in [2.24, 2.45) is 0 Å². The summed E-state index contributed by atoms with van der Waals surface area (Å²) in [5.41, 5.74) is 2.47. The number of carbonyl (C=O) groups is 1. The van der Waals surface area contributed by atoms with Gasteiger partial charge in [-0.1, -0.05) is 13.0 Å². The van der Waals surface area contributed by atoms with E-state index in [1.54, 1.807) is 13.2 Å². The Morgan fingerprint density at radius 3 is 2.95 bits per heavy atom. The van der Waals surface area contributed by atoms with Crippen LogP contribution in [-0.2, 0) is 11.2 Å². The van der Waals surface area contributed by atoms with Crippen LogP contribution in [0.5, 0.6) is 0 Å². The van der Waals surface area contributed by atoms with Gasteiger partial charge in [-0.2, -0.15) is 0 Å². The van der Waals surface area contributed by atoms with E-state index >= 15 is 0 Å². The van der Waals surface area contributed by atoms with Crippen LogP contribution >= 0.6 is 0 Å². The van der Waals surface area contributed by atoms with Crippen LogP contribution in [0.4, 0.5) is 5.69 Å². The van der Waals surface area contributed by atoms with Crippen molar-refractivity contribution >= 4 is 11.7 Å². The highest BCUT2D eigenvalue weighted by atomic mass is 16.5. The van der Waals surface area contributed by atoms with Gasteiger partial charge in [-0.15, -0.1) is 0 Å². The lowest BCUT2D eigenvalue weighted by atomic mass is 9.94. The van der Waals surface area contributed by atoms with Crippen LogP contribution in [0.25, 0.3) is 0 Å². The van der Waals surface area contributed by atoms with Crippen LogP contribution in [0.3, 0.4) is 0 Å². The highest BCUT2D eigenvalue weighted by Gasteiger charge is 2.26. The lowest BCUT2D eigenvalue weighted by Crippen LogP contribution is -2.41. The summed E-state index contributed by atoms with van der Waals surface area (Å²) < 4.78 is 5.28. The predicted molar refractivity (Wildman–Crippen MR) is 75.0 cm³/mol. The number of aromatic carboxylic acids is 1. The minimum absolute atomic E-state index is 0.313. The van der Waals surface area contributed by atoms with Gasteiger partial charge in [0, 0.05) is 19.3 Å². The maximum Gasteiger partial charge on any atom is 0.336 e. The molecule has 4 heteroatoms. The van der Waals surface area contributed by atoms with Crippen LogP contribution in [0.15, 0.2) is 18.2 Å². The SMILES string of the molecule is CCC(COC)N1CCCc2c(C(=O)O)cccc21. The fourth-order valence-electron chi connectivity index (χ4n) is 2.85. The molecule has 0 spiro atoms. The minimum atomic E-state index is -0.835. The van der Waals surface area contributed by atoms with Crippen LogP contribution < -0.4 is 4.90 Å². The number of anilines is 1. The molecule has 0 saturated carbocycles. The Labute approximate surface area is 114 Å². The number of fused-ring (bicyclic) bond motifs is 1. The van der Waals surface area contributed by atoms with Gasteiger partial charge < -0.3 is 14.7 Å². The number of benzene rings is 1. The summed E-state index contributed by atoms with van der Waals surface area (Å²) in [5.74, 6) is -0.835. The van der Waals surface area contributed by atoms with E-state index in [9.17, 15) is 9.90 Å². The Kier molecular flexibility index (Phi) is 4.43. The highest BCUT2D eigenvalue weighted by molar-refractivity contribution is 5.91. The van der Waals surface area contributed by atoms with E-state index in [1.165, 1.54) is 0 Å². The first-order valence-electron chi connectivity index (χ1n) is 6.79. The molecule has 1 unspecified atom stereocenters. The number of hydrogen-bond acceptors (Lipinski definition) is 3. The van der Waals surface area contributed by atoms with Gasteiger partial charge in [-0.05, 0) is 37.0 Å². The average molecular weight is 263 g/mol. The Hall–Kier alpha value is -1.55. The van der Waals surface area contributed by atoms with Crippen molar-refractivity contribution in [1.29, 1.82) is 0 Å². The van der Waals surface area contributed by atoms with E-state index in [2.05, 4.69) is 11.8 Å². The van der Waals surface area contributed by atoms with Crippen molar-refractivity contribution in [2.75, 3.05) is 25.2 Å². The molecule has 1 atom stereocenters. The number of ether oxygens (including phenoxy) is 1. The monoisotopic (exact) mass is 263 g/mol. The molecule has 1 heterocycles. The van der Waals surface area contributed by atoms with Gasteiger partial charge in [-0.25, -0.2) is 4.79 Å². The molecule has 0 aliphatic carbocycles. The lowest BCUT2D eigenvalue weighted by Gasteiger charge is -2.37. The molecular formula is C15H21NO3. The molecule has 0 saturated heterocycles. The molecule has 1 N–H and O–H groups in total. The first-order chi connectivity index (χ1) is 9.19. The minimum Gasteiger partial charge on any atom is -0.478 e. The standard InChI is InChI=1S/C15H21NO3/c1-3-11(10-19-2)16-9-5-7-12-13(15(17)18)6-4-8-14(12)16/h4,6,8,11H,3,5,7,9-10H2,1-2H3,(H,17,18). The maximum absolute atomic E-state index is 11.3. The van der Waals surface area contributed by atoms with Gasteiger partial charge in [0.05, 0.1) is 18.2 Å². The lowest BCUT2D eigenvalue weighted by molar-refractivity contribution is 0.0695. The van der Waals surface area contributed by atoms with Crippen LogP contribution in [-0.4, -0.2) is 37.4 Å². The third kappa shape index (κ3) is 2.73. The van der Waals surface area contributed by atoms with Gasteiger partial charge in [0.1, 0.15) is 0 Å². The Balaban J connectivity index is 2.39. The van der Waals surface area contributed by atoms with Gasteiger partial charge >= 0.3 is 5.97 Å². The van der Waals surface area contributed by atoms with Crippen LogP contribution in [0, 0.1) is 0 Å². The second kappa shape index (κ2) is 6.06. The van der Waals surface area contributed by atoms with Gasteiger partial charge in [0.15, 0.2) is 0 Å². The number of carboxylic acids is 1. The molecule has 19 heavy (non-hydrogen) atoms. The molecule has 1 aliphatic heterocycles. The zero-order chi connectivity index (χ0) is 13.8. The molecule has 0 radical (unpaired) electrons. The van der Waals surface area contributed by atoms with Gasteiger partial charge in [0.2, 0.25) is 0 Å². The first-order valence-corrected chi connectivity index (χ1v) is 6.79. The second-order valence-corrected chi connectivity index (χ2v) is 4.92. The fourth-order valence-corrected chi connectivity index (χ4v) is 2.85. The van der Waals surface area contributed by atoms with E-state index in [1.807, 2.05) is 12.1 Å². The number of carboxylic acid groups (broad SMARTS) is 1. The van der Waals surface area contributed by atoms with Crippen molar-refractivity contribution in [3.05, 3.63) is 29.3 Å². The molecular weight excluding hydrogens is 242 g/mol. The predicted octanol–water partition coefficient (Wildman–Crippen LogP) is 2.56. The van der Waals surface area contributed by atoms with Gasteiger partial charge in [0.25, 0.3) is 0 Å². The van der Waals surface area contributed by atoms with E-state index in [0.29, 0.717) is 18.2 Å². The third-order valence-corrected chi connectivity index (χ3v) is 3.79. The average Bonchev–Trinajstić information content (AvgIpc) is 2.43. The number of hydrogen-bond donors (Lipinski definition) is 1. The van der Waals surface area contributed by atoms with Crippen molar-refractivity contribution in [2.45, 2.75) is 32.2 Å². The summed E-state index contributed by atoms with van der Waals surface area (Å²) in [6.07, 6.45) is 2.83. The molecule has 0 bridgehead atoms. The van der Waals surface area contributed by atoms with Crippen molar-refractivity contribution in [1.82, 2.24) is 0 Å². The number of methoxy groups -OCH3 is 1. The molecule has 1 aliphatic rings. The molecule has 1 aromatic carbocycles. The maximum atomic E-state index is 11.3. The summed E-state index contributed by atoms with van der Waals surface area (Å²) in [4.78, 5) is 13.6. The van der Waals surface area contributed by atoms with Crippen LogP contribution in [0.1, 0.15) is 35.7 Å². The fraction of sp³-hybridized carbons (Fsp3) is 0.533. The zero-order valence-electron chi connectivity index (χ0n) is 11.6.